The van der Waals surface area contributed by atoms with Gasteiger partial charge in [0.25, 0.3) is 5.91 Å². The van der Waals surface area contributed by atoms with E-state index in [9.17, 15) is 39.6 Å². The summed E-state index contributed by atoms with van der Waals surface area (Å²) in [6.45, 7) is 0. The minimum absolute atomic E-state index is 0.00876. The maximum atomic E-state index is 13.7. The van der Waals surface area contributed by atoms with Crippen LogP contribution in [0.3, 0.4) is 0 Å². The van der Waals surface area contributed by atoms with Crippen LogP contribution in [0.25, 0.3) is 11.3 Å². The number of benzene rings is 1. The fourth-order valence-electron chi connectivity index (χ4n) is 6.14. The SMILES string of the molecule is CN(C)[C@@H]1C(O)=C(C(N)=O)C(=O)[C@@]2(O)C(O)=C3C(=O)c4c(O)ccc(-c5ccc(C=O)[nH]5)c4C[C@H]3C[C@@H]12. The van der Waals surface area contributed by atoms with E-state index in [4.69, 9.17) is 5.73 Å². The van der Waals surface area contributed by atoms with Crippen molar-refractivity contribution in [2.75, 3.05) is 14.1 Å². The molecule has 1 heterocycles. The standard InChI is InChI=1S/C26H25N3O8/c1-29(2)20-14-8-10-7-13-12(15-5-3-11(9-30)28-15)4-6-16(31)18(13)21(32)17(10)23(34)26(14,37)24(35)19(22(20)33)25(27)36/h3-6,9-10,14,20,28,31,33-34,37H,7-8H2,1-2H3,(H2,27,36)/t10-,14-,20-,26-/m0/s1. The molecule has 0 unspecified atom stereocenters. The molecule has 1 amide bonds. The smallest absolute Gasteiger partial charge is 0.255 e. The number of nitrogens with two attached hydrogens (primary N) is 1. The number of carbonyl (C=O) groups is 4. The molecule has 11 nitrogen and oxygen atoms in total. The molecule has 192 valence electrons. The molecule has 0 bridgehead atoms. The van der Waals surface area contributed by atoms with Gasteiger partial charge >= 0.3 is 0 Å². The maximum Gasteiger partial charge on any atom is 0.255 e. The summed E-state index contributed by atoms with van der Waals surface area (Å²) >= 11 is 0. The predicted molar refractivity (Wildman–Crippen MR) is 129 cm³/mol. The molecule has 5 rings (SSSR count). The minimum atomic E-state index is -2.68. The number of phenolic OH excluding ortho intramolecular Hbond substituents is 1. The highest BCUT2D eigenvalue weighted by molar-refractivity contribution is 6.24. The van der Waals surface area contributed by atoms with Crippen molar-refractivity contribution < 1.29 is 39.6 Å². The van der Waals surface area contributed by atoms with Crippen LogP contribution < -0.4 is 5.73 Å². The Morgan fingerprint density at radius 2 is 1.86 bits per heavy atom. The van der Waals surface area contributed by atoms with Crippen LogP contribution >= 0.6 is 0 Å². The molecule has 1 aromatic heterocycles. The number of carbonyl (C=O) groups excluding carboxylic acids is 4. The van der Waals surface area contributed by atoms with Crippen molar-refractivity contribution in [2.45, 2.75) is 24.5 Å². The summed E-state index contributed by atoms with van der Waals surface area (Å²) in [6, 6.07) is 5.10. The minimum Gasteiger partial charge on any atom is -0.510 e. The molecule has 0 saturated heterocycles. The average Bonchev–Trinajstić information content (AvgIpc) is 3.30. The average molecular weight is 507 g/mol. The zero-order valence-electron chi connectivity index (χ0n) is 20.0. The Labute approximate surface area is 210 Å². The number of rotatable bonds is 4. The van der Waals surface area contributed by atoms with Crippen LogP contribution in [-0.2, 0) is 16.0 Å². The van der Waals surface area contributed by atoms with Gasteiger partial charge in [0.1, 0.15) is 22.8 Å². The van der Waals surface area contributed by atoms with Crippen LogP contribution in [0.1, 0.15) is 32.8 Å². The van der Waals surface area contributed by atoms with E-state index in [2.05, 4.69) is 4.98 Å². The summed E-state index contributed by atoms with van der Waals surface area (Å²) in [4.78, 5) is 54.7. The number of hydrogen-bond acceptors (Lipinski definition) is 9. The number of nitrogens with zero attached hydrogens (tertiary/aromatic N) is 1. The summed E-state index contributed by atoms with van der Waals surface area (Å²) < 4.78 is 0. The Balaban J connectivity index is 1.72. The number of aldehydes is 1. The third-order valence-electron chi connectivity index (χ3n) is 7.73. The van der Waals surface area contributed by atoms with Crippen molar-refractivity contribution in [3.05, 3.63) is 63.8 Å². The van der Waals surface area contributed by atoms with E-state index < -0.39 is 58.0 Å². The first-order chi connectivity index (χ1) is 17.4. The zero-order chi connectivity index (χ0) is 27.0. The van der Waals surface area contributed by atoms with Crippen molar-refractivity contribution in [3.8, 4) is 17.0 Å². The third kappa shape index (κ3) is 3.20. The van der Waals surface area contributed by atoms with Crippen LogP contribution in [0.15, 0.2) is 46.9 Å². The normalized spacial score (nSPS) is 27.2. The summed E-state index contributed by atoms with van der Waals surface area (Å²) in [7, 11) is 3.14. The highest BCUT2D eigenvalue weighted by atomic mass is 16.3. The monoisotopic (exact) mass is 507 g/mol. The Morgan fingerprint density at radius 3 is 2.46 bits per heavy atom. The van der Waals surface area contributed by atoms with Gasteiger partial charge in [-0.3, -0.25) is 24.1 Å². The lowest BCUT2D eigenvalue weighted by molar-refractivity contribution is -0.148. The lowest BCUT2D eigenvalue weighted by Crippen LogP contribution is -2.63. The number of allylic oxidation sites excluding steroid dienone is 1. The number of phenols is 1. The van der Waals surface area contributed by atoms with E-state index in [0.717, 1.165) is 0 Å². The van der Waals surface area contributed by atoms with Gasteiger partial charge in [-0.05, 0) is 62.7 Å². The van der Waals surface area contributed by atoms with Crippen LogP contribution in [-0.4, -0.2) is 79.8 Å². The maximum absolute atomic E-state index is 13.7. The van der Waals surface area contributed by atoms with E-state index >= 15 is 0 Å². The number of aliphatic hydroxyl groups is 3. The van der Waals surface area contributed by atoms with Gasteiger partial charge in [0.15, 0.2) is 17.7 Å². The van der Waals surface area contributed by atoms with Crippen LogP contribution in [0.5, 0.6) is 5.75 Å². The van der Waals surface area contributed by atoms with Crippen LogP contribution in [0.2, 0.25) is 0 Å². The number of aromatic amines is 1. The quantitative estimate of drug-likeness (QED) is 0.258. The molecule has 3 aliphatic carbocycles. The lowest BCUT2D eigenvalue weighted by Gasteiger charge is -2.50. The first-order valence-corrected chi connectivity index (χ1v) is 11.6. The number of H-pyrrole nitrogens is 1. The largest absolute Gasteiger partial charge is 0.510 e. The number of aliphatic hydroxyl groups excluding tert-OH is 2. The first-order valence-electron chi connectivity index (χ1n) is 11.6. The summed E-state index contributed by atoms with van der Waals surface area (Å²) in [6.07, 6.45) is 0.781. The molecule has 0 spiro atoms. The number of primary amides is 1. The summed E-state index contributed by atoms with van der Waals surface area (Å²) in [5.74, 6) is -7.01. The van der Waals surface area contributed by atoms with Gasteiger partial charge in [0, 0.05) is 22.7 Å². The molecule has 2 aromatic rings. The number of fused-ring (bicyclic) bond motifs is 3. The first kappa shape index (κ1) is 24.5. The molecule has 1 aromatic carbocycles. The van der Waals surface area contributed by atoms with Gasteiger partial charge in [0.05, 0.1) is 17.3 Å². The lowest BCUT2D eigenvalue weighted by atomic mass is 9.58. The third-order valence-corrected chi connectivity index (χ3v) is 7.73. The number of amides is 1. The molecule has 3 aliphatic rings. The number of nitrogens with one attached hydrogen (secondary N) is 1. The Bertz CT molecular complexity index is 1470. The van der Waals surface area contributed by atoms with Gasteiger partial charge in [-0.25, -0.2) is 0 Å². The second kappa shape index (κ2) is 8.15. The number of Topliss-reactive ketones (excluding diaryl/α,β-unsaturated/α-hetero) is 2. The van der Waals surface area contributed by atoms with Gasteiger partial charge in [-0.1, -0.05) is 0 Å². The van der Waals surface area contributed by atoms with Crippen molar-refractivity contribution in [1.82, 2.24) is 9.88 Å². The van der Waals surface area contributed by atoms with Crippen molar-refractivity contribution in [1.29, 1.82) is 0 Å². The molecule has 0 aliphatic heterocycles. The van der Waals surface area contributed by atoms with Crippen LogP contribution in [0, 0.1) is 11.8 Å². The number of ketones is 2. The van der Waals surface area contributed by atoms with E-state index in [1.807, 2.05) is 0 Å². The second-order valence-corrected chi connectivity index (χ2v) is 9.89. The summed E-state index contributed by atoms with van der Waals surface area (Å²) in [5, 5.41) is 44.4. The highest BCUT2D eigenvalue weighted by Crippen LogP contribution is 2.53. The number of aromatic nitrogens is 1. The topological polar surface area (TPSA) is 194 Å². The second-order valence-electron chi connectivity index (χ2n) is 9.89. The Hall–Kier alpha value is -4.22. The molecule has 37 heavy (non-hydrogen) atoms. The van der Waals surface area contributed by atoms with Gasteiger partial charge in [-0.15, -0.1) is 0 Å². The van der Waals surface area contributed by atoms with Crippen molar-refractivity contribution >= 4 is 23.8 Å². The summed E-state index contributed by atoms with van der Waals surface area (Å²) in [5.41, 5.74) is 3.37. The molecular weight excluding hydrogens is 482 g/mol. The molecule has 7 N–H and O–H groups in total. The Kier molecular flexibility index (Phi) is 5.39. The molecular formula is C26H25N3O8. The molecule has 0 saturated carbocycles. The molecule has 0 radical (unpaired) electrons. The van der Waals surface area contributed by atoms with E-state index in [-0.39, 0.29) is 29.7 Å². The number of likely N-dealkylation sites (N-methyl/N-ethyl adjacent to an activating group) is 1. The van der Waals surface area contributed by atoms with Gasteiger partial charge in [0.2, 0.25) is 5.78 Å². The number of hydrogen-bond donors (Lipinski definition) is 6. The van der Waals surface area contributed by atoms with Crippen molar-refractivity contribution in [3.63, 3.8) is 0 Å². The molecule has 4 atom stereocenters. The zero-order valence-corrected chi connectivity index (χ0v) is 20.0. The fourth-order valence-corrected chi connectivity index (χ4v) is 6.14. The molecule has 0 fully saturated rings. The van der Waals surface area contributed by atoms with Gasteiger partial charge in [-0.2, -0.15) is 0 Å². The highest BCUT2D eigenvalue weighted by Gasteiger charge is 2.63. The molecule has 11 heteroatoms. The van der Waals surface area contributed by atoms with Crippen LogP contribution in [0.4, 0.5) is 0 Å². The van der Waals surface area contributed by atoms with E-state index in [1.54, 1.807) is 32.3 Å². The number of aromatic hydroxyl groups is 1. The van der Waals surface area contributed by atoms with E-state index in [0.29, 0.717) is 28.8 Å². The Morgan fingerprint density at radius 1 is 1.16 bits per heavy atom. The fraction of sp³-hybridized carbons (Fsp3) is 0.308. The van der Waals surface area contributed by atoms with Crippen molar-refractivity contribution in [2.24, 2.45) is 17.6 Å². The predicted octanol–water partition coefficient (Wildman–Crippen LogP) is 0.928. The van der Waals surface area contributed by atoms with Gasteiger partial charge < -0.3 is 31.1 Å². The van der Waals surface area contributed by atoms with E-state index in [1.165, 1.54) is 11.0 Å².